The van der Waals surface area contributed by atoms with Gasteiger partial charge in [-0.15, -0.1) is 0 Å². The van der Waals surface area contributed by atoms with Crippen molar-refractivity contribution >= 4 is 21.7 Å². The summed E-state index contributed by atoms with van der Waals surface area (Å²) in [4.78, 5) is 29.8. The van der Waals surface area contributed by atoms with Gasteiger partial charge in [-0.3, -0.25) is 14.5 Å². The third kappa shape index (κ3) is 5.34. The first-order valence-electron chi connectivity index (χ1n) is 10.5. The van der Waals surface area contributed by atoms with Crippen LogP contribution >= 0.6 is 0 Å². The van der Waals surface area contributed by atoms with E-state index in [0.717, 1.165) is 5.56 Å². The van der Waals surface area contributed by atoms with Gasteiger partial charge >= 0.3 is 0 Å². The van der Waals surface area contributed by atoms with Crippen molar-refractivity contribution in [2.75, 3.05) is 37.7 Å². The maximum atomic E-state index is 13.3. The monoisotopic (exact) mass is 445 g/mol. The van der Waals surface area contributed by atoms with Crippen LogP contribution in [0.4, 0.5) is 0 Å². The van der Waals surface area contributed by atoms with E-state index < -0.39 is 21.8 Å². The molecule has 0 aliphatic carbocycles. The van der Waals surface area contributed by atoms with Crippen LogP contribution in [0.3, 0.4) is 0 Å². The largest absolute Gasteiger partial charge is 0.459 e. The Morgan fingerprint density at radius 2 is 1.81 bits per heavy atom. The fraction of sp³-hybridized carbons (Fsp3) is 0.455. The van der Waals surface area contributed by atoms with Crippen LogP contribution in [0, 0.1) is 0 Å². The van der Waals surface area contributed by atoms with E-state index in [4.69, 9.17) is 4.42 Å². The van der Waals surface area contributed by atoms with Gasteiger partial charge in [-0.1, -0.05) is 30.3 Å². The Hall–Kier alpha value is -2.65. The van der Waals surface area contributed by atoms with Crippen LogP contribution in [-0.4, -0.2) is 79.8 Å². The van der Waals surface area contributed by atoms with Gasteiger partial charge in [0.25, 0.3) is 5.91 Å². The topological polar surface area (TPSA) is 99.9 Å². The number of carbonyl (C=O) groups is 2. The Kier molecular flexibility index (Phi) is 6.43. The smallest absolute Gasteiger partial charge is 0.287 e. The summed E-state index contributed by atoms with van der Waals surface area (Å²) in [6.45, 7) is 2.29. The summed E-state index contributed by atoms with van der Waals surface area (Å²) in [6, 6.07) is 12.1. The number of nitrogens with one attached hydrogen (secondary N) is 1. The zero-order chi connectivity index (χ0) is 21.8. The minimum Gasteiger partial charge on any atom is -0.459 e. The lowest BCUT2D eigenvalue weighted by Crippen LogP contribution is -2.57. The average molecular weight is 446 g/mol. The van der Waals surface area contributed by atoms with Crippen LogP contribution in [0.25, 0.3) is 0 Å². The van der Waals surface area contributed by atoms with Crippen LogP contribution in [-0.2, 0) is 21.1 Å². The molecule has 2 aliphatic heterocycles. The van der Waals surface area contributed by atoms with E-state index in [0.29, 0.717) is 39.0 Å². The van der Waals surface area contributed by atoms with E-state index in [2.05, 4.69) is 10.2 Å². The summed E-state index contributed by atoms with van der Waals surface area (Å²) in [5.41, 5.74) is 0.954. The highest BCUT2D eigenvalue weighted by Gasteiger charge is 2.35. The molecule has 2 atom stereocenters. The Morgan fingerprint density at radius 3 is 2.42 bits per heavy atom. The number of carbonyl (C=O) groups excluding carboxylic acids is 2. The van der Waals surface area contributed by atoms with E-state index in [9.17, 15) is 18.0 Å². The van der Waals surface area contributed by atoms with Crippen LogP contribution in [0.15, 0.2) is 53.1 Å². The van der Waals surface area contributed by atoms with Crippen molar-refractivity contribution in [3.05, 3.63) is 60.1 Å². The molecule has 2 aliphatic rings. The molecule has 2 fully saturated rings. The lowest BCUT2D eigenvalue weighted by atomic mass is 10.0. The van der Waals surface area contributed by atoms with Gasteiger partial charge in [-0.25, -0.2) is 8.42 Å². The number of rotatable bonds is 6. The van der Waals surface area contributed by atoms with Crippen LogP contribution < -0.4 is 5.32 Å². The third-order valence-electron chi connectivity index (χ3n) is 5.98. The molecule has 2 saturated heterocycles. The molecule has 8 nitrogen and oxygen atoms in total. The van der Waals surface area contributed by atoms with E-state index in [1.807, 2.05) is 30.3 Å². The molecule has 0 unspecified atom stereocenters. The number of furan rings is 1. The third-order valence-corrected chi connectivity index (χ3v) is 7.73. The van der Waals surface area contributed by atoms with Gasteiger partial charge in [-0.05, 0) is 24.1 Å². The van der Waals surface area contributed by atoms with E-state index in [-0.39, 0.29) is 29.2 Å². The van der Waals surface area contributed by atoms with E-state index in [1.165, 1.54) is 6.26 Å². The molecule has 0 saturated carbocycles. The molecule has 0 radical (unpaired) electrons. The highest BCUT2D eigenvalue weighted by Crippen LogP contribution is 2.20. The molecule has 1 aromatic carbocycles. The summed E-state index contributed by atoms with van der Waals surface area (Å²) >= 11 is 0. The number of hydrogen-bond donors (Lipinski definition) is 1. The fourth-order valence-electron chi connectivity index (χ4n) is 4.28. The molecule has 3 heterocycles. The van der Waals surface area contributed by atoms with Crippen LogP contribution in [0.2, 0.25) is 0 Å². The van der Waals surface area contributed by atoms with Crippen LogP contribution in [0.5, 0.6) is 0 Å². The second-order valence-corrected chi connectivity index (χ2v) is 10.3. The minimum absolute atomic E-state index is 0.0426. The van der Waals surface area contributed by atoms with Crippen molar-refractivity contribution < 1.29 is 22.4 Å². The molecule has 31 heavy (non-hydrogen) atoms. The van der Waals surface area contributed by atoms with Gasteiger partial charge in [0.2, 0.25) is 5.91 Å². The zero-order valence-electron chi connectivity index (χ0n) is 17.3. The first kappa shape index (κ1) is 21.6. The van der Waals surface area contributed by atoms with Crippen LogP contribution in [0.1, 0.15) is 22.5 Å². The quantitative estimate of drug-likeness (QED) is 0.711. The Labute approximate surface area is 182 Å². The molecule has 2 aromatic rings. The minimum atomic E-state index is -2.94. The van der Waals surface area contributed by atoms with Crippen molar-refractivity contribution in [2.24, 2.45) is 0 Å². The predicted octanol–water partition coefficient (Wildman–Crippen LogP) is 0.952. The van der Waals surface area contributed by atoms with Crippen molar-refractivity contribution in [1.29, 1.82) is 0 Å². The Balaban J connectivity index is 1.41. The van der Waals surface area contributed by atoms with Gasteiger partial charge < -0.3 is 14.6 Å². The average Bonchev–Trinajstić information content (AvgIpc) is 3.43. The molecule has 1 aromatic heterocycles. The first-order chi connectivity index (χ1) is 14.9. The van der Waals surface area contributed by atoms with Gasteiger partial charge in [0.15, 0.2) is 15.6 Å². The molecular weight excluding hydrogens is 418 g/mol. The highest BCUT2D eigenvalue weighted by atomic mass is 32.2. The van der Waals surface area contributed by atoms with Gasteiger partial charge in [0.1, 0.15) is 6.04 Å². The normalized spacial score (nSPS) is 22.2. The molecule has 1 N–H and O–H groups in total. The van der Waals surface area contributed by atoms with E-state index in [1.54, 1.807) is 17.0 Å². The zero-order valence-corrected chi connectivity index (χ0v) is 18.1. The summed E-state index contributed by atoms with van der Waals surface area (Å²) in [7, 11) is -2.94. The number of benzene rings is 1. The second kappa shape index (κ2) is 9.23. The highest BCUT2D eigenvalue weighted by molar-refractivity contribution is 7.91. The molecule has 9 heteroatoms. The number of sulfone groups is 1. The Morgan fingerprint density at radius 1 is 1.06 bits per heavy atom. The number of hydrogen-bond acceptors (Lipinski definition) is 6. The second-order valence-electron chi connectivity index (χ2n) is 8.11. The first-order valence-corrected chi connectivity index (χ1v) is 12.3. The number of nitrogens with zero attached hydrogens (tertiary/aromatic N) is 2. The van der Waals surface area contributed by atoms with Crippen molar-refractivity contribution in [2.45, 2.75) is 24.9 Å². The van der Waals surface area contributed by atoms with E-state index >= 15 is 0 Å². The number of piperazine rings is 1. The van der Waals surface area contributed by atoms with Crippen molar-refractivity contribution in [3.63, 3.8) is 0 Å². The number of amides is 2. The van der Waals surface area contributed by atoms with Crippen molar-refractivity contribution in [3.8, 4) is 0 Å². The lowest BCUT2D eigenvalue weighted by molar-refractivity contribution is -0.135. The molecular formula is C22H27N3O5S. The summed E-state index contributed by atoms with van der Waals surface area (Å²) in [6.07, 6.45) is 2.46. The molecule has 166 valence electrons. The molecule has 0 bridgehead atoms. The molecule has 4 rings (SSSR count). The molecule has 0 spiro atoms. The summed E-state index contributed by atoms with van der Waals surface area (Å²) in [5.74, 6) is 0.0561. The maximum Gasteiger partial charge on any atom is 0.287 e. The summed E-state index contributed by atoms with van der Waals surface area (Å²) in [5, 5.41) is 2.83. The maximum absolute atomic E-state index is 13.3. The Bertz CT molecular complexity index is 999. The standard InChI is InChI=1S/C22H27N3O5S/c26-21(20-7-4-13-30-20)23-19(15-17-5-2-1-3-6-17)22(27)25-11-9-24(10-12-25)18-8-14-31(28,29)16-18/h1-7,13,18-19H,8-12,14-16H2,(H,23,26)/t18-,19+/m1/s1. The predicted molar refractivity (Wildman–Crippen MR) is 115 cm³/mol. The van der Waals surface area contributed by atoms with Crippen molar-refractivity contribution in [1.82, 2.24) is 15.1 Å². The fourth-order valence-corrected chi connectivity index (χ4v) is 6.04. The van der Waals surface area contributed by atoms with Gasteiger partial charge in [0.05, 0.1) is 17.8 Å². The lowest BCUT2D eigenvalue weighted by Gasteiger charge is -2.39. The summed E-state index contributed by atoms with van der Waals surface area (Å²) < 4.78 is 28.7. The SMILES string of the molecule is O=C(N[C@@H](Cc1ccccc1)C(=O)N1CCN([C@@H]2CCS(=O)(=O)C2)CC1)c1ccco1. The molecule has 2 amide bonds. The van der Waals surface area contributed by atoms with Gasteiger partial charge in [-0.2, -0.15) is 0 Å². The van der Waals surface area contributed by atoms with Gasteiger partial charge in [0, 0.05) is 38.6 Å².